The molecule has 0 unspecified atom stereocenters. The Bertz CT molecular complexity index is 848. The van der Waals surface area contributed by atoms with Crippen molar-refractivity contribution in [1.82, 2.24) is 20.7 Å². The van der Waals surface area contributed by atoms with Crippen molar-refractivity contribution in [2.45, 2.75) is 13.1 Å². The second kappa shape index (κ2) is 8.00. The Hall–Kier alpha value is -2.88. The molecule has 0 radical (unpaired) electrons. The summed E-state index contributed by atoms with van der Waals surface area (Å²) in [6.07, 6.45) is -1.88. The lowest BCUT2D eigenvalue weighted by Gasteiger charge is -2.10. The van der Waals surface area contributed by atoms with Gasteiger partial charge in [-0.3, -0.25) is 9.59 Å². The fourth-order valence-corrected chi connectivity index (χ4v) is 2.09. The van der Waals surface area contributed by atoms with Crippen LogP contribution in [0.15, 0.2) is 29.6 Å². The van der Waals surface area contributed by atoms with Crippen LogP contribution in [0.4, 0.5) is 13.2 Å². The SMILES string of the molecule is Cc1[nH]cnc1C=NNC(=O)CNC(=O)c1cc(Cl)cc(C(F)(F)F)c1. The first-order valence-corrected chi connectivity index (χ1v) is 7.52. The van der Waals surface area contributed by atoms with Gasteiger partial charge in [0.1, 0.15) is 5.69 Å². The van der Waals surface area contributed by atoms with Gasteiger partial charge < -0.3 is 10.3 Å². The molecular weight excluding hydrogens is 375 g/mol. The van der Waals surface area contributed by atoms with E-state index in [2.05, 4.69) is 25.8 Å². The van der Waals surface area contributed by atoms with Crippen molar-refractivity contribution in [3.05, 3.63) is 52.1 Å². The molecule has 0 spiro atoms. The van der Waals surface area contributed by atoms with E-state index in [1.54, 1.807) is 6.92 Å². The van der Waals surface area contributed by atoms with Crippen molar-refractivity contribution in [3.63, 3.8) is 0 Å². The van der Waals surface area contributed by atoms with E-state index in [0.717, 1.165) is 11.8 Å². The number of hydrogen-bond donors (Lipinski definition) is 3. The average molecular weight is 388 g/mol. The number of aromatic amines is 1. The Morgan fingerprint density at radius 1 is 1.35 bits per heavy atom. The Labute approximate surface area is 150 Å². The fourth-order valence-electron chi connectivity index (χ4n) is 1.85. The molecule has 0 saturated heterocycles. The molecule has 2 amide bonds. The molecule has 0 fully saturated rings. The van der Waals surface area contributed by atoms with E-state index in [1.165, 1.54) is 12.5 Å². The number of alkyl halides is 3. The molecule has 0 atom stereocenters. The molecule has 2 aromatic rings. The second-order valence-corrected chi connectivity index (χ2v) is 5.55. The molecule has 1 heterocycles. The predicted molar refractivity (Wildman–Crippen MR) is 87.8 cm³/mol. The third-order valence-electron chi connectivity index (χ3n) is 3.14. The van der Waals surface area contributed by atoms with E-state index in [9.17, 15) is 22.8 Å². The van der Waals surface area contributed by atoms with Crippen LogP contribution in [0.25, 0.3) is 0 Å². The van der Waals surface area contributed by atoms with Gasteiger partial charge in [0.15, 0.2) is 0 Å². The fraction of sp³-hybridized carbons (Fsp3) is 0.200. The van der Waals surface area contributed by atoms with Crippen LogP contribution in [-0.2, 0) is 11.0 Å². The summed E-state index contributed by atoms with van der Waals surface area (Å²) >= 11 is 5.61. The van der Waals surface area contributed by atoms with E-state index >= 15 is 0 Å². The minimum Gasteiger partial charge on any atom is -0.348 e. The minimum atomic E-state index is -4.64. The van der Waals surface area contributed by atoms with Crippen molar-refractivity contribution < 1.29 is 22.8 Å². The summed E-state index contributed by atoms with van der Waals surface area (Å²) in [7, 11) is 0. The largest absolute Gasteiger partial charge is 0.416 e. The number of aromatic nitrogens is 2. The highest BCUT2D eigenvalue weighted by Gasteiger charge is 2.31. The maximum atomic E-state index is 12.7. The number of amides is 2. The standard InChI is InChI=1S/C15H13ClF3N5O2/c1-8-12(22-7-21-8)5-23-24-13(25)6-20-14(26)9-2-10(15(17,18)19)4-11(16)3-9/h2-5,7H,6H2,1H3,(H,20,26)(H,21,22)(H,24,25). The summed E-state index contributed by atoms with van der Waals surface area (Å²) in [5, 5.41) is 5.60. The lowest BCUT2D eigenvalue weighted by molar-refractivity contribution is -0.137. The van der Waals surface area contributed by atoms with Crippen LogP contribution in [0.5, 0.6) is 0 Å². The molecule has 1 aromatic carbocycles. The number of hydrazone groups is 1. The van der Waals surface area contributed by atoms with Gasteiger partial charge >= 0.3 is 6.18 Å². The number of hydrogen-bond acceptors (Lipinski definition) is 4. The monoisotopic (exact) mass is 387 g/mol. The number of nitrogens with one attached hydrogen (secondary N) is 3. The molecule has 3 N–H and O–H groups in total. The molecule has 138 valence electrons. The number of rotatable bonds is 5. The summed E-state index contributed by atoms with van der Waals surface area (Å²) in [6, 6.07) is 2.43. The van der Waals surface area contributed by atoms with Crippen LogP contribution < -0.4 is 10.7 Å². The number of nitrogens with zero attached hydrogens (tertiary/aromatic N) is 2. The molecule has 11 heteroatoms. The maximum Gasteiger partial charge on any atom is 0.416 e. The molecule has 2 rings (SSSR count). The molecular formula is C15H13ClF3N5O2. The Morgan fingerprint density at radius 3 is 2.69 bits per heavy atom. The Kier molecular flexibility index (Phi) is 5.98. The van der Waals surface area contributed by atoms with Crippen LogP contribution in [0, 0.1) is 6.92 Å². The summed E-state index contributed by atoms with van der Waals surface area (Å²) in [5.74, 6) is -1.54. The van der Waals surface area contributed by atoms with Gasteiger partial charge in [-0.15, -0.1) is 0 Å². The highest BCUT2D eigenvalue weighted by atomic mass is 35.5. The van der Waals surface area contributed by atoms with Gasteiger partial charge in [0.05, 0.1) is 24.7 Å². The minimum absolute atomic E-state index is 0.242. The third kappa shape index (κ3) is 5.31. The number of carbonyl (C=O) groups excluding carboxylic acids is 2. The molecule has 0 aliphatic rings. The Morgan fingerprint density at radius 2 is 2.08 bits per heavy atom. The van der Waals surface area contributed by atoms with Crippen molar-refractivity contribution >= 4 is 29.6 Å². The van der Waals surface area contributed by atoms with Gasteiger partial charge in [0, 0.05) is 16.3 Å². The first kappa shape index (κ1) is 19.4. The first-order chi connectivity index (χ1) is 12.2. The summed E-state index contributed by atoms with van der Waals surface area (Å²) in [6.45, 7) is 1.28. The number of imidazole rings is 1. The van der Waals surface area contributed by atoms with E-state index in [4.69, 9.17) is 11.6 Å². The zero-order valence-electron chi connectivity index (χ0n) is 13.3. The molecule has 0 bridgehead atoms. The summed E-state index contributed by atoms with van der Waals surface area (Å²) < 4.78 is 38.2. The van der Waals surface area contributed by atoms with Crippen molar-refractivity contribution in [2.75, 3.05) is 6.54 Å². The summed E-state index contributed by atoms with van der Waals surface area (Å²) in [5.41, 5.74) is 2.06. The molecule has 0 aliphatic carbocycles. The number of benzene rings is 1. The number of H-pyrrole nitrogens is 1. The zero-order chi connectivity index (χ0) is 19.3. The van der Waals surface area contributed by atoms with Gasteiger partial charge in [-0.1, -0.05) is 11.6 Å². The number of halogens is 4. The topological polar surface area (TPSA) is 99.2 Å². The normalized spacial score (nSPS) is 11.6. The van der Waals surface area contributed by atoms with E-state index in [1.807, 2.05) is 0 Å². The smallest absolute Gasteiger partial charge is 0.348 e. The van der Waals surface area contributed by atoms with E-state index < -0.39 is 30.1 Å². The van der Waals surface area contributed by atoms with Gasteiger partial charge in [-0.05, 0) is 25.1 Å². The van der Waals surface area contributed by atoms with E-state index in [-0.39, 0.29) is 10.6 Å². The predicted octanol–water partition coefficient (Wildman–Crippen LogP) is 2.27. The summed E-state index contributed by atoms with van der Waals surface area (Å²) in [4.78, 5) is 30.3. The average Bonchev–Trinajstić information content (AvgIpc) is 2.96. The third-order valence-corrected chi connectivity index (χ3v) is 3.36. The van der Waals surface area contributed by atoms with Crippen LogP contribution in [-0.4, -0.2) is 34.5 Å². The van der Waals surface area contributed by atoms with Gasteiger partial charge in [-0.2, -0.15) is 18.3 Å². The molecule has 26 heavy (non-hydrogen) atoms. The lowest BCUT2D eigenvalue weighted by Crippen LogP contribution is -2.35. The second-order valence-electron chi connectivity index (χ2n) is 5.11. The van der Waals surface area contributed by atoms with Crippen LogP contribution >= 0.6 is 11.6 Å². The zero-order valence-corrected chi connectivity index (χ0v) is 14.1. The molecule has 1 aromatic heterocycles. The first-order valence-electron chi connectivity index (χ1n) is 7.14. The highest BCUT2D eigenvalue weighted by molar-refractivity contribution is 6.31. The van der Waals surface area contributed by atoms with Gasteiger partial charge in [-0.25, -0.2) is 10.4 Å². The Balaban J connectivity index is 1.92. The maximum absolute atomic E-state index is 12.7. The van der Waals surface area contributed by atoms with Gasteiger partial charge in [0.25, 0.3) is 11.8 Å². The van der Waals surface area contributed by atoms with Crippen LogP contribution in [0.3, 0.4) is 0 Å². The van der Waals surface area contributed by atoms with Crippen molar-refractivity contribution in [1.29, 1.82) is 0 Å². The number of aryl methyl sites for hydroxylation is 1. The quantitative estimate of drug-likeness (QED) is 0.542. The molecule has 0 saturated carbocycles. The molecule has 7 nitrogen and oxygen atoms in total. The molecule has 0 aliphatic heterocycles. The lowest BCUT2D eigenvalue weighted by atomic mass is 10.1. The van der Waals surface area contributed by atoms with Crippen LogP contribution in [0.1, 0.15) is 27.3 Å². The van der Waals surface area contributed by atoms with E-state index in [0.29, 0.717) is 17.8 Å². The van der Waals surface area contributed by atoms with Crippen molar-refractivity contribution in [2.24, 2.45) is 5.10 Å². The van der Waals surface area contributed by atoms with Crippen molar-refractivity contribution in [3.8, 4) is 0 Å². The van der Waals surface area contributed by atoms with Crippen LogP contribution in [0.2, 0.25) is 5.02 Å². The van der Waals surface area contributed by atoms with Gasteiger partial charge in [0.2, 0.25) is 0 Å². The highest BCUT2D eigenvalue weighted by Crippen LogP contribution is 2.31. The number of carbonyl (C=O) groups is 2.